The minimum atomic E-state index is -0.174. The Morgan fingerprint density at radius 2 is 2.05 bits per heavy atom. The predicted molar refractivity (Wildman–Crippen MR) is 81.5 cm³/mol. The molecule has 0 spiro atoms. The molecule has 0 aliphatic carbocycles. The number of benzene rings is 1. The van der Waals surface area contributed by atoms with Crippen molar-refractivity contribution in [2.24, 2.45) is 0 Å². The molecular weight excluding hydrogens is 253 g/mol. The first-order chi connectivity index (χ1) is 9.70. The lowest BCUT2D eigenvalue weighted by molar-refractivity contribution is 0.608. The van der Waals surface area contributed by atoms with Gasteiger partial charge in [0.25, 0.3) is 0 Å². The summed E-state index contributed by atoms with van der Waals surface area (Å²) in [6, 6.07) is 8.88. The van der Waals surface area contributed by atoms with Gasteiger partial charge in [-0.15, -0.1) is 0 Å². The number of hydrogen-bond acceptors (Lipinski definition) is 3. The molecule has 1 aromatic carbocycles. The van der Waals surface area contributed by atoms with Crippen molar-refractivity contribution in [2.75, 3.05) is 23.8 Å². The van der Waals surface area contributed by atoms with Gasteiger partial charge in [0.1, 0.15) is 5.82 Å². The van der Waals surface area contributed by atoms with Gasteiger partial charge in [-0.3, -0.25) is 4.98 Å². The van der Waals surface area contributed by atoms with E-state index >= 15 is 0 Å². The molecular formula is C16H20FN3. The minimum Gasteiger partial charge on any atom is -0.384 e. The second-order valence-electron chi connectivity index (χ2n) is 4.81. The van der Waals surface area contributed by atoms with Crippen LogP contribution in [0, 0.1) is 5.82 Å². The van der Waals surface area contributed by atoms with Crippen LogP contribution in [0.15, 0.2) is 42.7 Å². The zero-order chi connectivity index (χ0) is 14.4. The maximum Gasteiger partial charge on any atom is 0.128 e. The zero-order valence-electron chi connectivity index (χ0n) is 11.9. The molecule has 1 N–H and O–H groups in total. The Hall–Kier alpha value is -2.10. The number of halogens is 1. The highest BCUT2D eigenvalue weighted by molar-refractivity contribution is 5.55. The SMILES string of the molecule is CCCNc1cncc(N(C)Cc2ccccc2F)c1. The lowest BCUT2D eigenvalue weighted by Gasteiger charge is -2.20. The van der Waals surface area contributed by atoms with Crippen molar-refractivity contribution in [2.45, 2.75) is 19.9 Å². The van der Waals surface area contributed by atoms with Crippen LogP contribution in [-0.4, -0.2) is 18.6 Å². The number of aromatic nitrogens is 1. The molecule has 1 heterocycles. The summed E-state index contributed by atoms with van der Waals surface area (Å²) in [6.07, 6.45) is 4.66. The maximum absolute atomic E-state index is 13.7. The molecule has 20 heavy (non-hydrogen) atoms. The molecule has 2 aromatic rings. The number of hydrogen-bond donors (Lipinski definition) is 1. The van der Waals surface area contributed by atoms with Gasteiger partial charge in [0.05, 0.1) is 23.8 Å². The van der Waals surface area contributed by atoms with Gasteiger partial charge in [-0.2, -0.15) is 0 Å². The van der Waals surface area contributed by atoms with E-state index in [1.54, 1.807) is 24.5 Å². The fourth-order valence-corrected chi connectivity index (χ4v) is 1.98. The molecule has 0 bridgehead atoms. The fraction of sp³-hybridized carbons (Fsp3) is 0.312. The van der Waals surface area contributed by atoms with Gasteiger partial charge in [0, 0.05) is 25.7 Å². The van der Waals surface area contributed by atoms with Crippen molar-refractivity contribution in [1.29, 1.82) is 0 Å². The highest BCUT2D eigenvalue weighted by Gasteiger charge is 2.07. The van der Waals surface area contributed by atoms with E-state index in [9.17, 15) is 4.39 Å². The second-order valence-corrected chi connectivity index (χ2v) is 4.81. The van der Waals surface area contributed by atoms with E-state index < -0.39 is 0 Å². The molecule has 106 valence electrons. The molecule has 0 unspecified atom stereocenters. The first kappa shape index (κ1) is 14.3. The first-order valence-electron chi connectivity index (χ1n) is 6.84. The lowest BCUT2D eigenvalue weighted by atomic mass is 10.2. The van der Waals surface area contributed by atoms with Crippen LogP contribution < -0.4 is 10.2 Å². The number of nitrogens with one attached hydrogen (secondary N) is 1. The summed E-state index contributed by atoms with van der Waals surface area (Å²) in [5, 5.41) is 3.30. The van der Waals surface area contributed by atoms with E-state index in [1.807, 2.05) is 24.1 Å². The summed E-state index contributed by atoms with van der Waals surface area (Å²) in [6.45, 7) is 3.56. The Balaban J connectivity index is 2.09. The van der Waals surface area contributed by atoms with Gasteiger partial charge < -0.3 is 10.2 Å². The Bertz CT molecular complexity index is 557. The maximum atomic E-state index is 13.7. The van der Waals surface area contributed by atoms with Gasteiger partial charge in [-0.05, 0) is 18.6 Å². The van der Waals surface area contributed by atoms with Crippen molar-refractivity contribution in [3.8, 4) is 0 Å². The third kappa shape index (κ3) is 3.70. The fourth-order valence-electron chi connectivity index (χ4n) is 1.98. The van der Waals surface area contributed by atoms with Crippen LogP contribution in [0.5, 0.6) is 0 Å². The number of anilines is 2. The summed E-state index contributed by atoms with van der Waals surface area (Å²) in [5.74, 6) is -0.174. The first-order valence-corrected chi connectivity index (χ1v) is 6.84. The molecule has 2 rings (SSSR count). The van der Waals surface area contributed by atoms with E-state index in [0.29, 0.717) is 12.1 Å². The summed E-state index contributed by atoms with van der Waals surface area (Å²) in [5.41, 5.74) is 2.64. The highest BCUT2D eigenvalue weighted by atomic mass is 19.1. The quantitative estimate of drug-likeness (QED) is 0.870. The van der Waals surface area contributed by atoms with Crippen molar-refractivity contribution >= 4 is 11.4 Å². The summed E-state index contributed by atoms with van der Waals surface area (Å²) in [4.78, 5) is 6.21. The van der Waals surface area contributed by atoms with Crippen molar-refractivity contribution < 1.29 is 4.39 Å². The molecule has 0 amide bonds. The molecule has 0 atom stereocenters. The minimum absolute atomic E-state index is 0.174. The molecule has 4 heteroatoms. The van der Waals surface area contributed by atoms with E-state index in [-0.39, 0.29) is 5.82 Å². The topological polar surface area (TPSA) is 28.2 Å². The predicted octanol–water partition coefficient (Wildman–Crippen LogP) is 3.68. The Morgan fingerprint density at radius 3 is 2.80 bits per heavy atom. The number of rotatable bonds is 6. The Morgan fingerprint density at radius 1 is 1.25 bits per heavy atom. The van der Waals surface area contributed by atoms with Crippen molar-refractivity contribution in [1.82, 2.24) is 4.98 Å². The van der Waals surface area contributed by atoms with Gasteiger partial charge in [-0.1, -0.05) is 25.1 Å². The van der Waals surface area contributed by atoms with E-state index in [1.165, 1.54) is 6.07 Å². The molecule has 0 saturated heterocycles. The van der Waals surface area contributed by atoms with Crippen LogP contribution >= 0.6 is 0 Å². The van der Waals surface area contributed by atoms with Crippen LogP contribution in [0.3, 0.4) is 0 Å². The largest absolute Gasteiger partial charge is 0.384 e. The highest BCUT2D eigenvalue weighted by Crippen LogP contribution is 2.19. The summed E-state index contributed by atoms with van der Waals surface area (Å²) < 4.78 is 13.7. The third-order valence-electron chi connectivity index (χ3n) is 3.11. The smallest absolute Gasteiger partial charge is 0.128 e. The molecule has 1 aromatic heterocycles. The van der Waals surface area contributed by atoms with E-state index in [2.05, 4.69) is 17.2 Å². The van der Waals surface area contributed by atoms with E-state index in [0.717, 1.165) is 24.3 Å². The van der Waals surface area contributed by atoms with Crippen LogP contribution in [0.2, 0.25) is 0 Å². The van der Waals surface area contributed by atoms with Crippen molar-refractivity contribution in [3.63, 3.8) is 0 Å². The molecule has 0 fully saturated rings. The average molecular weight is 273 g/mol. The van der Waals surface area contributed by atoms with Gasteiger partial charge in [0.15, 0.2) is 0 Å². The standard InChI is InChI=1S/C16H20FN3/c1-3-8-19-14-9-15(11-18-10-14)20(2)12-13-6-4-5-7-16(13)17/h4-7,9-11,19H,3,8,12H2,1-2H3. The second kappa shape index (κ2) is 6.89. The van der Waals surface area contributed by atoms with Crippen LogP contribution in [0.1, 0.15) is 18.9 Å². The Labute approximate surface area is 119 Å². The number of pyridine rings is 1. The van der Waals surface area contributed by atoms with Crippen molar-refractivity contribution in [3.05, 3.63) is 54.1 Å². The van der Waals surface area contributed by atoms with Crippen LogP contribution in [0.25, 0.3) is 0 Å². The van der Waals surface area contributed by atoms with Crippen LogP contribution in [0.4, 0.5) is 15.8 Å². The summed E-state index contributed by atoms with van der Waals surface area (Å²) >= 11 is 0. The monoisotopic (exact) mass is 273 g/mol. The molecule has 0 radical (unpaired) electrons. The van der Waals surface area contributed by atoms with Gasteiger partial charge in [-0.25, -0.2) is 4.39 Å². The van der Waals surface area contributed by atoms with E-state index in [4.69, 9.17) is 0 Å². The molecule has 0 aliphatic rings. The lowest BCUT2D eigenvalue weighted by Crippen LogP contribution is -2.17. The Kier molecular flexibility index (Phi) is 4.93. The zero-order valence-corrected chi connectivity index (χ0v) is 11.9. The molecule has 3 nitrogen and oxygen atoms in total. The third-order valence-corrected chi connectivity index (χ3v) is 3.11. The molecule has 0 saturated carbocycles. The average Bonchev–Trinajstić information content (AvgIpc) is 2.48. The normalized spacial score (nSPS) is 10.3. The van der Waals surface area contributed by atoms with Gasteiger partial charge in [0.2, 0.25) is 0 Å². The van der Waals surface area contributed by atoms with Gasteiger partial charge >= 0.3 is 0 Å². The summed E-state index contributed by atoms with van der Waals surface area (Å²) in [7, 11) is 1.94. The number of nitrogens with zero attached hydrogens (tertiary/aromatic N) is 2. The molecule has 0 aliphatic heterocycles. The van der Waals surface area contributed by atoms with Crippen LogP contribution in [-0.2, 0) is 6.54 Å².